The number of piperidine rings is 2. The van der Waals surface area contributed by atoms with Crippen LogP contribution >= 0.6 is 0 Å². The predicted octanol–water partition coefficient (Wildman–Crippen LogP) is 4.31. The Labute approximate surface area is 207 Å². The molecule has 0 radical (unpaired) electrons. The topological polar surface area (TPSA) is 104 Å². The molecule has 1 amide bonds. The van der Waals surface area contributed by atoms with Gasteiger partial charge in [0, 0.05) is 40.5 Å². The number of anilines is 1. The summed E-state index contributed by atoms with van der Waals surface area (Å²) < 4.78 is 59.5. The third-order valence-corrected chi connectivity index (χ3v) is 12.2. The van der Waals surface area contributed by atoms with Crippen LogP contribution in [0, 0.1) is 0 Å². The van der Waals surface area contributed by atoms with Gasteiger partial charge in [-0.05, 0) is 65.5 Å². The van der Waals surface area contributed by atoms with Crippen molar-refractivity contribution in [3.8, 4) is 0 Å². The van der Waals surface area contributed by atoms with Crippen molar-refractivity contribution < 1.29 is 21.6 Å². The van der Waals surface area contributed by atoms with E-state index in [4.69, 9.17) is 0 Å². The van der Waals surface area contributed by atoms with Crippen LogP contribution in [0.2, 0.25) is 0 Å². The summed E-state index contributed by atoms with van der Waals surface area (Å²) in [5.74, 6) is -0.420. The van der Waals surface area contributed by atoms with Crippen LogP contribution in [0.4, 0.5) is 5.69 Å². The quantitative estimate of drug-likeness (QED) is 0.648. The molecule has 35 heavy (non-hydrogen) atoms. The molecular formula is C25H33N3O5S2. The standard InChI is InChI=1S/C25H33N3O5S2/c1-15-8-5-9-16(2)27(15)34(30,31)21-14-22(35(32,33)28-17(3)10-6-11-18(28)4)24-23-19(21)12-7-13-20(23)25(29)26-24/h7,12-18H,5-6,8-11H2,1-4H3,(H,26,29). The number of nitrogens with one attached hydrogen (secondary N) is 1. The molecule has 10 heteroatoms. The maximum Gasteiger partial charge on any atom is 0.256 e. The van der Waals surface area contributed by atoms with Gasteiger partial charge in [-0.25, -0.2) is 16.8 Å². The molecule has 3 heterocycles. The average molecular weight is 520 g/mol. The number of nitrogens with zero attached hydrogens (tertiary/aromatic N) is 2. The summed E-state index contributed by atoms with van der Waals surface area (Å²) in [6, 6.07) is 5.37. The molecule has 1 N–H and O–H groups in total. The Bertz CT molecular complexity index is 1400. The lowest BCUT2D eigenvalue weighted by Crippen LogP contribution is -2.48. The summed E-state index contributed by atoms with van der Waals surface area (Å²) >= 11 is 0. The maximum atomic E-state index is 14.1. The highest BCUT2D eigenvalue weighted by molar-refractivity contribution is 7.90. The monoisotopic (exact) mass is 519 g/mol. The van der Waals surface area contributed by atoms with Gasteiger partial charge in [-0.1, -0.05) is 25.0 Å². The first-order chi connectivity index (χ1) is 16.5. The number of sulfonamides is 2. The number of amides is 1. The van der Waals surface area contributed by atoms with Crippen LogP contribution in [0.1, 0.15) is 76.6 Å². The zero-order valence-corrected chi connectivity index (χ0v) is 22.2. The fourth-order valence-corrected chi connectivity index (χ4v) is 10.5. The van der Waals surface area contributed by atoms with Gasteiger partial charge in [0.05, 0.1) is 10.6 Å². The lowest BCUT2D eigenvalue weighted by molar-refractivity contribution is 0.103. The van der Waals surface area contributed by atoms with E-state index in [1.54, 1.807) is 18.2 Å². The van der Waals surface area contributed by atoms with Crippen LogP contribution in [0.15, 0.2) is 34.1 Å². The Balaban J connectivity index is 1.80. The third-order valence-electron chi connectivity index (χ3n) is 7.91. The predicted molar refractivity (Wildman–Crippen MR) is 136 cm³/mol. The molecule has 2 saturated heterocycles. The van der Waals surface area contributed by atoms with E-state index in [1.165, 1.54) is 14.7 Å². The van der Waals surface area contributed by atoms with E-state index in [0.29, 0.717) is 16.3 Å². The van der Waals surface area contributed by atoms with E-state index >= 15 is 0 Å². The van der Waals surface area contributed by atoms with E-state index in [1.807, 2.05) is 27.7 Å². The molecule has 2 aromatic carbocycles. The lowest BCUT2D eigenvalue weighted by Gasteiger charge is -2.39. The highest BCUT2D eigenvalue weighted by Crippen LogP contribution is 2.45. The second-order valence-corrected chi connectivity index (χ2v) is 14.0. The molecule has 0 aliphatic carbocycles. The van der Waals surface area contributed by atoms with Crippen molar-refractivity contribution in [1.29, 1.82) is 0 Å². The molecule has 2 aromatic rings. The normalized spacial score (nSPS) is 28.4. The maximum absolute atomic E-state index is 14.1. The van der Waals surface area contributed by atoms with E-state index < -0.39 is 26.0 Å². The number of carbonyl (C=O) groups excluding carboxylic acids is 1. The zero-order valence-electron chi connectivity index (χ0n) is 20.6. The summed E-state index contributed by atoms with van der Waals surface area (Å²) in [6.07, 6.45) is 4.85. The van der Waals surface area contributed by atoms with E-state index in [9.17, 15) is 21.6 Å². The van der Waals surface area contributed by atoms with Gasteiger partial charge in [-0.15, -0.1) is 0 Å². The second kappa shape index (κ2) is 8.54. The van der Waals surface area contributed by atoms with Gasteiger partial charge in [0.1, 0.15) is 4.90 Å². The third kappa shape index (κ3) is 3.72. The van der Waals surface area contributed by atoms with E-state index in [-0.39, 0.29) is 39.6 Å². The van der Waals surface area contributed by atoms with E-state index in [2.05, 4.69) is 5.32 Å². The fraction of sp³-hybridized carbons (Fsp3) is 0.560. The van der Waals surface area contributed by atoms with Crippen molar-refractivity contribution in [1.82, 2.24) is 8.61 Å². The van der Waals surface area contributed by atoms with Crippen LogP contribution < -0.4 is 5.32 Å². The highest BCUT2D eigenvalue weighted by atomic mass is 32.2. The minimum absolute atomic E-state index is 0.0499. The van der Waals surface area contributed by atoms with Gasteiger partial charge in [0.2, 0.25) is 20.0 Å². The van der Waals surface area contributed by atoms with Crippen LogP contribution in [-0.2, 0) is 20.0 Å². The molecule has 3 aliphatic rings. The van der Waals surface area contributed by atoms with Crippen molar-refractivity contribution in [3.63, 3.8) is 0 Å². The van der Waals surface area contributed by atoms with Crippen LogP contribution in [-0.4, -0.2) is 55.5 Å². The Morgan fingerprint density at radius 3 is 1.77 bits per heavy atom. The van der Waals surface area contributed by atoms with Gasteiger partial charge in [-0.3, -0.25) is 4.79 Å². The number of hydrogen-bond acceptors (Lipinski definition) is 5. The summed E-state index contributed by atoms with van der Waals surface area (Å²) in [7, 11) is -8.13. The van der Waals surface area contributed by atoms with Crippen molar-refractivity contribution in [2.45, 2.75) is 100 Å². The largest absolute Gasteiger partial charge is 0.320 e. The molecule has 190 valence electrons. The van der Waals surface area contributed by atoms with Crippen LogP contribution in [0.5, 0.6) is 0 Å². The SMILES string of the molecule is CC1CCCC(C)N1S(=O)(=O)c1cc(S(=O)(=O)N2C(C)CCCC2C)c2cccc3c2c1NC3=O. The van der Waals surface area contributed by atoms with Gasteiger partial charge in [-0.2, -0.15) is 8.61 Å². The Hall–Kier alpha value is -2.01. The molecule has 5 rings (SSSR count). The van der Waals surface area contributed by atoms with Gasteiger partial charge >= 0.3 is 0 Å². The Kier molecular flexibility index (Phi) is 6.02. The average Bonchev–Trinajstić information content (AvgIpc) is 3.10. The van der Waals surface area contributed by atoms with Crippen LogP contribution in [0.3, 0.4) is 0 Å². The smallest absolute Gasteiger partial charge is 0.256 e. The van der Waals surface area contributed by atoms with E-state index in [0.717, 1.165) is 38.5 Å². The van der Waals surface area contributed by atoms with Gasteiger partial charge in [0.25, 0.3) is 5.91 Å². The lowest BCUT2D eigenvalue weighted by atomic mass is 10.0. The summed E-state index contributed by atoms with van der Waals surface area (Å²) in [5.41, 5.74) is 0.481. The molecule has 4 atom stereocenters. The number of hydrogen-bond donors (Lipinski definition) is 1. The van der Waals surface area contributed by atoms with Crippen molar-refractivity contribution >= 4 is 42.4 Å². The first-order valence-corrected chi connectivity index (χ1v) is 15.3. The molecule has 0 spiro atoms. The molecule has 0 bridgehead atoms. The van der Waals surface area contributed by atoms with Crippen LogP contribution in [0.25, 0.3) is 10.8 Å². The van der Waals surface area contributed by atoms with Gasteiger partial charge in [0.15, 0.2) is 0 Å². The number of carbonyl (C=O) groups is 1. The second-order valence-electron chi connectivity index (χ2n) is 10.4. The highest BCUT2D eigenvalue weighted by Gasteiger charge is 2.43. The zero-order chi connectivity index (χ0) is 25.3. The molecular weight excluding hydrogens is 486 g/mol. The summed E-state index contributed by atoms with van der Waals surface area (Å²) in [4.78, 5) is 12.6. The minimum atomic E-state index is -4.09. The molecule has 2 fully saturated rings. The Morgan fingerprint density at radius 1 is 0.771 bits per heavy atom. The van der Waals surface area contributed by atoms with Gasteiger partial charge < -0.3 is 5.32 Å². The fourth-order valence-electron chi connectivity index (χ4n) is 6.30. The van der Waals surface area contributed by atoms with Crippen molar-refractivity contribution in [2.24, 2.45) is 0 Å². The molecule has 4 unspecified atom stereocenters. The number of rotatable bonds is 4. The summed E-state index contributed by atoms with van der Waals surface area (Å²) in [6.45, 7) is 7.55. The first-order valence-electron chi connectivity index (χ1n) is 12.4. The minimum Gasteiger partial charge on any atom is -0.320 e. The molecule has 3 aliphatic heterocycles. The molecule has 0 saturated carbocycles. The summed E-state index contributed by atoms with van der Waals surface area (Å²) in [5, 5.41) is 3.48. The van der Waals surface area contributed by atoms with Crippen molar-refractivity contribution in [2.75, 3.05) is 5.32 Å². The molecule has 0 aromatic heterocycles. The Morgan fingerprint density at radius 2 is 1.26 bits per heavy atom. The van der Waals surface area contributed by atoms with Crippen molar-refractivity contribution in [3.05, 3.63) is 29.8 Å². The first kappa shape index (κ1) is 24.7. The number of benzene rings is 2. The molecule has 8 nitrogen and oxygen atoms in total.